The first-order chi connectivity index (χ1) is 27.9. The van der Waals surface area contributed by atoms with Gasteiger partial charge in [-0.25, -0.2) is 0 Å². The van der Waals surface area contributed by atoms with Gasteiger partial charge < -0.3 is 14.5 Å². The molecule has 3 nitrogen and oxygen atoms in total. The van der Waals surface area contributed by atoms with Gasteiger partial charge in [0.15, 0.2) is 0 Å². The lowest BCUT2D eigenvalue weighted by Gasteiger charge is -2.28. The van der Waals surface area contributed by atoms with Gasteiger partial charge in [-0.3, -0.25) is 0 Å². The molecule has 0 atom stereocenters. The number of ether oxygens (including phenoxy) is 1. The Morgan fingerprint density at radius 1 is 0.368 bits per heavy atom. The predicted molar refractivity (Wildman–Crippen MR) is 245 cm³/mol. The normalized spacial score (nSPS) is 11.9. The minimum absolute atomic E-state index is 0.858. The van der Waals surface area contributed by atoms with Crippen LogP contribution in [-0.4, -0.2) is 8.07 Å². The second kappa shape index (κ2) is 14.0. The highest BCUT2D eigenvalue weighted by Crippen LogP contribution is 2.51. The number of hydrogen-bond acceptors (Lipinski definition) is 3. The molecule has 0 fully saturated rings. The summed E-state index contributed by atoms with van der Waals surface area (Å²) < 4.78 is 6.78. The molecule has 0 aliphatic carbocycles. The molecule has 1 heterocycles. The van der Waals surface area contributed by atoms with E-state index in [4.69, 9.17) is 4.74 Å². The summed E-state index contributed by atoms with van der Waals surface area (Å²) in [5.74, 6) is 1.74. The van der Waals surface area contributed by atoms with Crippen molar-refractivity contribution >= 4 is 68.9 Å². The number of rotatable bonds is 8. The van der Waals surface area contributed by atoms with Crippen molar-refractivity contribution in [3.63, 3.8) is 0 Å². The zero-order chi connectivity index (χ0) is 38.5. The van der Waals surface area contributed by atoms with Crippen LogP contribution in [0.4, 0.5) is 34.1 Å². The van der Waals surface area contributed by atoms with E-state index in [9.17, 15) is 0 Å². The SMILES string of the molecule is C[Si](C)(C)c1ccc(N(c2ccccc2)c2ccc(-c3ccc4cc5c6c(cccc6c4c3)Oc3cc(N(c4ccccc4)c4ccccc4)ccc3-5)cc2)cc1. The van der Waals surface area contributed by atoms with Crippen LogP contribution in [0.15, 0.2) is 200 Å². The van der Waals surface area contributed by atoms with Crippen LogP contribution in [0.5, 0.6) is 11.5 Å². The van der Waals surface area contributed by atoms with Crippen molar-refractivity contribution in [1.29, 1.82) is 0 Å². The van der Waals surface area contributed by atoms with E-state index in [-0.39, 0.29) is 0 Å². The zero-order valence-electron chi connectivity index (χ0n) is 32.4. The summed E-state index contributed by atoms with van der Waals surface area (Å²) in [6.07, 6.45) is 0. The summed E-state index contributed by atoms with van der Waals surface area (Å²) in [5, 5.41) is 6.23. The van der Waals surface area contributed by atoms with E-state index in [0.29, 0.717) is 0 Å². The molecule has 0 bridgehead atoms. The number of benzene rings is 9. The number of hydrogen-bond donors (Lipinski definition) is 0. The van der Waals surface area contributed by atoms with Crippen LogP contribution in [0, 0.1) is 0 Å². The van der Waals surface area contributed by atoms with Crippen molar-refractivity contribution in [1.82, 2.24) is 0 Å². The molecule has 57 heavy (non-hydrogen) atoms. The van der Waals surface area contributed by atoms with Crippen molar-refractivity contribution in [3.05, 3.63) is 200 Å². The molecule has 9 aromatic rings. The Kier molecular flexibility index (Phi) is 8.50. The van der Waals surface area contributed by atoms with Crippen LogP contribution in [0.2, 0.25) is 19.6 Å². The second-order valence-electron chi connectivity index (χ2n) is 15.8. The van der Waals surface area contributed by atoms with E-state index in [0.717, 1.165) is 56.6 Å². The van der Waals surface area contributed by atoms with Crippen molar-refractivity contribution in [3.8, 4) is 33.8 Å². The van der Waals surface area contributed by atoms with Gasteiger partial charge in [0.2, 0.25) is 0 Å². The van der Waals surface area contributed by atoms with Gasteiger partial charge in [-0.15, -0.1) is 0 Å². The maximum Gasteiger partial charge on any atom is 0.137 e. The highest BCUT2D eigenvalue weighted by molar-refractivity contribution is 6.88. The number of nitrogens with zero attached hydrogens (tertiary/aromatic N) is 2. The minimum atomic E-state index is -1.41. The maximum atomic E-state index is 6.78. The third kappa shape index (κ3) is 6.34. The monoisotopic (exact) mass is 750 g/mol. The van der Waals surface area contributed by atoms with E-state index < -0.39 is 8.07 Å². The first-order valence-electron chi connectivity index (χ1n) is 19.7. The van der Waals surface area contributed by atoms with Crippen LogP contribution >= 0.6 is 0 Å². The molecule has 0 N–H and O–H groups in total. The number of para-hydroxylation sites is 3. The molecule has 0 saturated heterocycles. The topological polar surface area (TPSA) is 15.7 Å². The Bertz CT molecular complexity index is 2850. The minimum Gasteiger partial charge on any atom is -0.456 e. The van der Waals surface area contributed by atoms with Gasteiger partial charge in [0.05, 0.1) is 8.07 Å². The Hall–Kier alpha value is -6.88. The largest absolute Gasteiger partial charge is 0.456 e. The van der Waals surface area contributed by atoms with E-state index in [2.05, 4.69) is 230 Å². The molecule has 10 rings (SSSR count). The fourth-order valence-corrected chi connectivity index (χ4v) is 9.43. The first-order valence-corrected chi connectivity index (χ1v) is 23.2. The highest BCUT2D eigenvalue weighted by Gasteiger charge is 2.24. The van der Waals surface area contributed by atoms with Crippen molar-refractivity contribution < 1.29 is 4.74 Å². The second-order valence-corrected chi connectivity index (χ2v) is 20.9. The van der Waals surface area contributed by atoms with Gasteiger partial charge in [-0.2, -0.15) is 0 Å². The van der Waals surface area contributed by atoms with Gasteiger partial charge in [-0.05, 0) is 124 Å². The van der Waals surface area contributed by atoms with E-state index in [1.54, 1.807) is 0 Å². The molecule has 0 spiro atoms. The summed E-state index contributed by atoms with van der Waals surface area (Å²) in [6, 6.07) is 72.1. The zero-order valence-corrected chi connectivity index (χ0v) is 33.4. The Morgan fingerprint density at radius 2 is 0.895 bits per heavy atom. The Morgan fingerprint density at radius 3 is 1.49 bits per heavy atom. The fraction of sp³-hybridized carbons (Fsp3) is 0.0566. The quantitative estimate of drug-likeness (QED) is 0.114. The lowest BCUT2D eigenvalue weighted by atomic mass is 9.89. The summed E-state index contributed by atoms with van der Waals surface area (Å²) in [4.78, 5) is 4.62. The molecule has 9 aromatic carbocycles. The van der Waals surface area contributed by atoms with E-state index in [1.165, 1.54) is 38.0 Å². The lowest BCUT2D eigenvalue weighted by molar-refractivity contribution is 0.487. The molecule has 0 saturated carbocycles. The van der Waals surface area contributed by atoms with Gasteiger partial charge in [-0.1, -0.05) is 128 Å². The summed E-state index contributed by atoms with van der Waals surface area (Å²) in [7, 11) is -1.41. The van der Waals surface area contributed by atoms with E-state index in [1.807, 2.05) is 0 Å². The third-order valence-corrected chi connectivity index (χ3v) is 13.2. The van der Waals surface area contributed by atoms with Gasteiger partial charge >= 0.3 is 0 Å². The summed E-state index contributed by atoms with van der Waals surface area (Å²) in [6.45, 7) is 7.19. The highest BCUT2D eigenvalue weighted by atomic mass is 28.3. The van der Waals surface area contributed by atoms with Gasteiger partial charge in [0, 0.05) is 51.1 Å². The molecule has 274 valence electrons. The average Bonchev–Trinajstić information content (AvgIpc) is 3.25. The number of anilines is 6. The van der Waals surface area contributed by atoms with Crippen molar-refractivity contribution in [2.24, 2.45) is 0 Å². The smallest absolute Gasteiger partial charge is 0.137 e. The van der Waals surface area contributed by atoms with E-state index >= 15 is 0 Å². The van der Waals surface area contributed by atoms with Crippen LogP contribution in [0.3, 0.4) is 0 Å². The lowest BCUT2D eigenvalue weighted by Crippen LogP contribution is -2.37. The molecule has 0 unspecified atom stereocenters. The van der Waals surface area contributed by atoms with Gasteiger partial charge in [0.1, 0.15) is 11.5 Å². The molecule has 0 amide bonds. The Balaban J connectivity index is 1.02. The Labute approximate surface area is 335 Å². The molecule has 4 heteroatoms. The summed E-state index contributed by atoms with van der Waals surface area (Å²) >= 11 is 0. The molecular formula is C53H42N2OSi. The molecule has 0 radical (unpaired) electrons. The predicted octanol–water partition coefficient (Wildman–Crippen LogP) is 14.9. The van der Waals surface area contributed by atoms with Gasteiger partial charge in [0.25, 0.3) is 0 Å². The molecule has 0 aromatic heterocycles. The maximum absolute atomic E-state index is 6.78. The first kappa shape index (κ1) is 34.6. The van der Waals surface area contributed by atoms with Crippen LogP contribution in [-0.2, 0) is 0 Å². The molecule has 1 aliphatic heterocycles. The average molecular weight is 751 g/mol. The van der Waals surface area contributed by atoms with Crippen molar-refractivity contribution in [2.45, 2.75) is 19.6 Å². The molecular weight excluding hydrogens is 709 g/mol. The summed E-state index contributed by atoms with van der Waals surface area (Å²) in [5.41, 5.74) is 11.3. The number of fused-ring (bicyclic) bond motifs is 4. The van der Waals surface area contributed by atoms with Crippen LogP contribution in [0.1, 0.15) is 0 Å². The molecule has 1 aliphatic rings. The van der Waals surface area contributed by atoms with Crippen LogP contribution in [0.25, 0.3) is 43.8 Å². The fourth-order valence-electron chi connectivity index (χ4n) is 8.27. The van der Waals surface area contributed by atoms with Crippen molar-refractivity contribution in [2.75, 3.05) is 9.80 Å². The van der Waals surface area contributed by atoms with Crippen LogP contribution < -0.4 is 19.7 Å². The third-order valence-electron chi connectivity index (χ3n) is 11.2. The standard InChI is InChI=1S/C53H42N2OSi/c1-57(2,3)46-31-28-44(29-32-46)54(40-14-7-4-8-15-40)43-26-24-37(25-27-43)38-22-23-39-35-50-47-33-30-45(55(41-16-9-5-10-17-41)42-18-11-6-12-19-42)36-52(47)56-51-21-13-20-48(53(50)51)49(39)34-38/h4-36H,1-3H3.